The zero-order valence-corrected chi connectivity index (χ0v) is 19.7. The summed E-state index contributed by atoms with van der Waals surface area (Å²) in [6.07, 6.45) is 2.02. The molecule has 1 fully saturated rings. The standard InChI is InChI=1S/C24H33N3O3S/c1-18-5-10-23(17-19(18)2)31(29,30)27-15-12-21(13-16-27)24(28)25-22-8-6-20(7-9-22)11-14-26(3)4/h5-10,17,21H,11-16H2,1-4H3,(H,25,28). The second-order valence-corrected chi connectivity index (χ2v) is 10.6. The number of aryl methyl sites for hydroxylation is 2. The van der Waals surface area contributed by atoms with E-state index in [1.54, 1.807) is 12.1 Å². The van der Waals surface area contributed by atoms with E-state index >= 15 is 0 Å². The average molecular weight is 444 g/mol. The number of carbonyl (C=O) groups excluding carboxylic acids is 1. The van der Waals surface area contributed by atoms with Crippen molar-refractivity contribution >= 4 is 21.6 Å². The maximum atomic E-state index is 13.0. The Morgan fingerprint density at radius 1 is 1.03 bits per heavy atom. The number of nitrogens with zero attached hydrogens (tertiary/aromatic N) is 2. The maximum absolute atomic E-state index is 13.0. The molecule has 1 aliphatic rings. The first-order valence-electron chi connectivity index (χ1n) is 10.8. The summed E-state index contributed by atoms with van der Waals surface area (Å²) in [7, 11) is 0.570. The van der Waals surface area contributed by atoms with E-state index in [1.165, 1.54) is 9.87 Å². The number of carbonyl (C=O) groups is 1. The fourth-order valence-electron chi connectivity index (χ4n) is 3.73. The molecule has 7 heteroatoms. The first-order chi connectivity index (χ1) is 14.7. The number of benzene rings is 2. The van der Waals surface area contributed by atoms with E-state index in [2.05, 4.69) is 10.2 Å². The summed E-state index contributed by atoms with van der Waals surface area (Å²) >= 11 is 0. The third-order valence-corrected chi connectivity index (χ3v) is 7.90. The molecule has 0 unspecified atom stereocenters. The average Bonchev–Trinajstić information content (AvgIpc) is 2.75. The fraction of sp³-hybridized carbons (Fsp3) is 0.458. The van der Waals surface area contributed by atoms with Gasteiger partial charge in [0.15, 0.2) is 0 Å². The Kier molecular flexibility index (Phi) is 7.51. The molecule has 1 aliphatic heterocycles. The molecule has 0 aromatic heterocycles. The van der Waals surface area contributed by atoms with E-state index in [0.717, 1.165) is 29.8 Å². The van der Waals surface area contributed by atoms with Crippen LogP contribution in [0.2, 0.25) is 0 Å². The lowest BCUT2D eigenvalue weighted by Crippen LogP contribution is -2.41. The molecule has 168 valence electrons. The molecule has 31 heavy (non-hydrogen) atoms. The Morgan fingerprint density at radius 2 is 1.68 bits per heavy atom. The number of hydrogen-bond acceptors (Lipinski definition) is 4. The molecule has 0 bridgehead atoms. The van der Waals surface area contributed by atoms with Crippen LogP contribution in [0.15, 0.2) is 47.4 Å². The molecule has 0 saturated carbocycles. The van der Waals surface area contributed by atoms with Crippen molar-refractivity contribution in [1.29, 1.82) is 0 Å². The number of likely N-dealkylation sites (N-methyl/N-ethyl adjacent to an activating group) is 1. The van der Waals surface area contributed by atoms with Crippen molar-refractivity contribution in [2.75, 3.05) is 39.0 Å². The first kappa shape index (κ1) is 23.4. The van der Waals surface area contributed by atoms with Crippen molar-refractivity contribution in [1.82, 2.24) is 9.21 Å². The van der Waals surface area contributed by atoms with Gasteiger partial charge < -0.3 is 10.2 Å². The van der Waals surface area contributed by atoms with Crippen molar-refractivity contribution < 1.29 is 13.2 Å². The molecule has 1 amide bonds. The van der Waals surface area contributed by atoms with Crippen molar-refractivity contribution in [3.05, 3.63) is 59.2 Å². The Labute approximate surface area is 186 Å². The molecule has 3 rings (SSSR count). The largest absolute Gasteiger partial charge is 0.326 e. The van der Waals surface area contributed by atoms with Gasteiger partial charge >= 0.3 is 0 Å². The molecule has 1 heterocycles. The lowest BCUT2D eigenvalue weighted by atomic mass is 9.97. The number of nitrogens with one attached hydrogen (secondary N) is 1. The summed E-state index contributed by atoms with van der Waals surface area (Å²) in [5.74, 6) is -0.219. The van der Waals surface area contributed by atoms with Crippen LogP contribution in [-0.2, 0) is 21.2 Å². The summed E-state index contributed by atoms with van der Waals surface area (Å²) in [6.45, 7) is 5.58. The Bertz CT molecular complexity index is 1010. The molecular formula is C24H33N3O3S. The van der Waals surface area contributed by atoms with E-state index < -0.39 is 10.0 Å². The summed E-state index contributed by atoms with van der Waals surface area (Å²) < 4.78 is 27.4. The molecule has 1 N–H and O–H groups in total. The predicted octanol–water partition coefficient (Wildman–Crippen LogP) is 3.45. The highest BCUT2D eigenvalue weighted by atomic mass is 32.2. The number of sulfonamides is 1. The Hall–Kier alpha value is -2.22. The summed E-state index contributed by atoms with van der Waals surface area (Å²) in [4.78, 5) is 15.2. The van der Waals surface area contributed by atoms with E-state index in [-0.39, 0.29) is 11.8 Å². The molecular weight excluding hydrogens is 410 g/mol. The molecule has 2 aromatic carbocycles. The minimum atomic E-state index is -3.53. The smallest absolute Gasteiger partial charge is 0.243 e. The van der Waals surface area contributed by atoms with Gasteiger partial charge in [-0.15, -0.1) is 0 Å². The monoisotopic (exact) mass is 443 g/mol. The van der Waals surface area contributed by atoms with Crippen molar-refractivity contribution in [2.45, 2.75) is 38.0 Å². The fourth-order valence-corrected chi connectivity index (χ4v) is 5.29. The third-order valence-electron chi connectivity index (χ3n) is 6.01. The quantitative estimate of drug-likeness (QED) is 0.712. The molecule has 1 saturated heterocycles. The zero-order valence-electron chi connectivity index (χ0n) is 18.9. The number of hydrogen-bond donors (Lipinski definition) is 1. The van der Waals surface area contributed by atoms with Crippen LogP contribution in [0.25, 0.3) is 0 Å². The van der Waals surface area contributed by atoms with Gasteiger partial charge in [-0.25, -0.2) is 8.42 Å². The highest BCUT2D eigenvalue weighted by molar-refractivity contribution is 7.89. The van der Waals surface area contributed by atoms with Crippen LogP contribution in [0.5, 0.6) is 0 Å². The van der Waals surface area contributed by atoms with Gasteiger partial charge in [0.1, 0.15) is 0 Å². The van der Waals surface area contributed by atoms with Crippen LogP contribution >= 0.6 is 0 Å². The summed E-state index contributed by atoms with van der Waals surface area (Å²) in [5, 5.41) is 2.99. The number of rotatable bonds is 7. The molecule has 6 nitrogen and oxygen atoms in total. The number of piperidine rings is 1. The van der Waals surface area contributed by atoms with E-state index in [9.17, 15) is 13.2 Å². The van der Waals surface area contributed by atoms with Gasteiger partial charge in [0.2, 0.25) is 15.9 Å². The molecule has 0 radical (unpaired) electrons. The maximum Gasteiger partial charge on any atom is 0.243 e. The van der Waals surface area contributed by atoms with Gasteiger partial charge in [-0.1, -0.05) is 18.2 Å². The SMILES string of the molecule is Cc1ccc(S(=O)(=O)N2CCC(C(=O)Nc3ccc(CCN(C)C)cc3)CC2)cc1C. The van der Waals surface area contributed by atoms with Gasteiger partial charge in [-0.2, -0.15) is 4.31 Å². The van der Waals surface area contributed by atoms with Gasteiger partial charge in [0.05, 0.1) is 4.90 Å². The van der Waals surface area contributed by atoms with Crippen molar-refractivity contribution in [3.8, 4) is 0 Å². The van der Waals surface area contributed by atoms with Gasteiger partial charge in [-0.3, -0.25) is 4.79 Å². The highest BCUT2D eigenvalue weighted by Gasteiger charge is 2.32. The minimum absolute atomic E-state index is 0.0377. The second kappa shape index (κ2) is 9.94. The van der Waals surface area contributed by atoms with Crippen LogP contribution in [0.3, 0.4) is 0 Å². The van der Waals surface area contributed by atoms with E-state index in [4.69, 9.17) is 0 Å². The van der Waals surface area contributed by atoms with Crippen LogP contribution in [0, 0.1) is 19.8 Å². The van der Waals surface area contributed by atoms with Gasteiger partial charge in [0, 0.05) is 31.2 Å². The molecule has 0 atom stereocenters. The third kappa shape index (κ3) is 5.93. The van der Waals surface area contributed by atoms with Gasteiger partial charge in [0.25, 0.3) is 0 Å². The lowest BCUT2D eigenvalue weighted by Gasteiger charge is -2.30. The number of anilines is 1. The highest BCUT2D eigenvalue weighted by Crippen LogP contribution is 2.26. The van der Waals surface area contributed by atoms with Crippen molar-refractivity contribution in [2.24, 2.45) is 5.92 Å². The molecule has 0 spiro atoms. The molecule has 0 aliphatic carbocycles. The van der Waals surface area contributed by atoms with E-state index in [1.807, 2.05) is 58.3 Å². The summed E-state index contributed by atoms with van der Waals surface area (Å²) in [5.41, 5.74) is 4.04. The summed E-state index contributed by atoms with van der Waals surface area (Å²) in [6, 6.07) is 13.2. The van der Waals surface area contributed by atoms with Gasteiger partial charge in [-0.05, 0) is 88.2 Å². The topological polar surface area (TPSA) is 69.7 Å². The zero-order chi connectivity index (χ0) is 22.6. The molecule has 2 aromatic rings. The van der Waals surface area contributed by atoms with Crippen LogP contribution in [0.4, 0.5) is 5.69 Å². The van der Waals surface area contributed by atoms with Crippen LogP contribution < -0.4 is 5.32 Å². The predicted molar refractivity (Wildman–Crippen MR) is 125 cm³/mol. The lowest BCUT2D eigenvalue weighted by molar-refractivity contribution is -0.120. The normalized spacial score (nSPS) is 15.9. The van der Waals surface area contributed by atoms with Crippen LogP contribution in [-0.4, -0.2) is 57.3 Å². The Morgan fingerprint density at radius 3 is 2.26 bits per heavy atom. The first-order valence-corrected chi connectivity index (χ1v) is 12.2. The second-order valence-electron chi connectivity index (χ2n) is 8.66. The Balaban J connectivity index is 1.55. The van der Waals surface area contributed by atoms with E-state index in [0.29, 0.717) is 30.8 Å². The van der Waals surface area contributed by atoms with Crippen molar-refractivity contribution in [3.63, 3.8) is 0 Å². The minimum Gasteiger partial charge on any atom is -0.326 e. The van der Waals surface area contributed by atoms with Crippen LogP contribution in [0.1, 0.15) is 29.5 Å². The number of amides is 1.